The molecule has 3 nitrogen and oxygen atoms in total. The van der Waals surface area contributed by atoms with Crippen molar-refractivity contribution < 1.29 is 0 Å². The maximum Gasteiger partial charge on any atom is 0.0317 e. The minimum absolute atomic E-state index is 0.957. The van der Waals surface area contributed by atoms with E-state index >= 15 is 0 Å². The van der Waals surface area contributed by atoms with Crippen molar-refractivity contribution in [3.8, 4) is 0 Å². The predicted octanol–water partition coefficient (Wildman–Crippen LogP) is 0.401. The molecule has 64 valence electrons. The number of allylic oxidation sites excluding steroid dienone is 1. The van der Waals surface area contributed by atoms with Crippen molar-refractivity contribution in [3.63, 3.8) is 0 Å². The van der Waals surface area contributed by atoms with Crippen molar-refractivity contribution in [1.82, 2.24) is 9.91 Å². The average molecular weight is 155 g/mol. The summed E-state index contributed by atoms with van der Waals surface area (Å²) in [7, 11) is 0. The number of rotatable bonds is 2. The fraction of sp³-hybridized carbons (Fsp3) is 0.750. The van der Waals surface area contributed by atoms with Gasteiger partial charge < -0.3 is 4.90 Å². The molecule has 0 saturated carbocycles. The zero-order valence-corrected chi connectivity index (χ0v) is 7.21. The van der Waals surface area contributed by atoms with E-state index in [0.717, 1.165) is 32.6 Å². The van der Waals surface area contributed by atoms with E-state index in [1.54, 1.807) is 0 Å². The second-order valence-electron chi connectivity index (χ2n) is 2.94. The zero-order valence-electron chi connectivity index (χ0n) is 7.21. The van der Waals surface area contributed by atoms with Gasteiger partial charge in [0.1, 0.15) is 0 Å². The van der Waals surface area contributed by atoms with Crippen LogP contribution in [0.2, 0.25) is 0 Å². The summed E-state index contributed by atoms with van der Waals surface area (Å²) >= 11 is 0. The molecule has 0 unspecified atom stereocenters. The maximum atomic E-state index is 5.62. The lowest BCUT2D eigenvalue weighted by Crippen LogP contribution is -2.48. The summed E-state index contributed by atoms with van der Waals surface area (Å²) in [6.07, 6.45) is 1.05. The molecule has 0 radical (unpaired) electrons. The van der Waals surface area contributed by atoms with Crippen molar-refractivity contribution in [3.05, 3.63) is 12.3 Å². The molecule has 1 fully saturated rings. The zero-order chi connectivity index (χ0) is 8.27. The molecule has 0 aromatic heterocycles. The summed E-state index contributed by atoms with van der Waals surface area (Å²) in [5.74, 6) is 5.62. The predicted molar refractivity (Wildman–Crippen MR) is 46.8 cm³/mol. The first-order chi connectivity index (χ1) is 5.24. The molecular formula is C8H17N3. The molecule has 2 N–H and O–H groups in total. The fourth-order valence-electron chi connectivity index (χ4n) is 1.26. The Hall–Kier alpha value is -0.540. The van der Waals surface area contributed by atoms with Gasteiger partial charge in [0.2, 0.25) is 0 Å². The van der Waals surface area contributed by atoms with Crippen LogP contribution in [0.4, 0.5) is 0 Å². The number of nitrogens with two attached hydrogens (primary N) is 1. The summed E-state index contributed by atoms with van der Waals surface area (Å²) in [4.78, 5) is 2.31. The number of hydrogen-bond acceptors (Lipinski definition) is 3. The van der Waals surface area contributed by atoms with Crippen molar-refractivity contribution >= 4 is 0 Å². The molecule has 0 aromatic carbocycles. The molecule has 0 amide bonds. The van der Waals surface area contributed by atoms with Gasteiger partial charge >= 0.3 is 0 Å². The van der Waals surface area contributed by atoms with E-state index in [4.69, 9.17) is 5.84 Å². The van der Waals surface area contributed by atoms with Crippen molar-refractivity contribution in [2.75, 3.05) is 26.2 Å². The highest BCUT2D eigenvalue weighted by Crippen LogP contribution is 2.08. The highest BCUT2D eigenvalue weighted by atomic mass is 15.4. The van der Waals surface area contributed by atoms with Gasteiger partial charge in [0.15, 0.2) is 0 Å². The lowest BCUT2D eigenvalue weighted by molar-refractivity contribution is 0.159. The van der Waals surface area contributed by atoms with Gasteiger partial charge in [-0.15, -0.1) is 0 Å². The molecule has 0 atom stereocenters. The van der Waals surface area contributed by atoms with Crippen LogP contribution in [0, 0.1) is 0 Å². The van der Waals surface area contributed by atoms with Crippen LogP contribution in [0.1, 0.15) is 13.3 Å². The third-order valence-corrected chi connectivity index (χ3v) is 2.17. The number of piperazine rings is 1. The highest BCUT2D eigenvalue weighted by Gasteiger charge is 2.13. The highest BCUT2D eigenvalue weighted by molar-refractivity contribution is 4.94. The summed E-state index contributed by atoms with van der Waals surface area (Å²) in [5, 5.41) is 1.86. The second-order valence-corrected chi connectivity index (χ2v) is 2.94. The Bertz CT molecular complexity index is 136. The summed E-state index contributed by atoms with van der Waals surface area (Å²) < 4.78 is 0. The summed E-state index contributed by atoms with van der Waals surface area (Å²) in [6.45, 7) is 10.1. The fourth-order valence-corrected chi connectivity index (χ4v) is 1.26. The number of hydrazine groups is 1. The van der Waals surface area contributed by atoms with E-state index in [1.165, 1.54) is 5.70 Å². The molecule has 1 rings (SSSR count). The van der Waals surface area contributed by atoms with Gasteiger partial charge in [-0.2, -0.15) is 0 Å². The molecule has 1 heterocycles. The Balaban J connectivity index is 2.33. The van der Waals surface area contributed by atoms with Crippen molar-refractivity contribution in [2.24, 2.45) is 5.84 Å². The van der Waals surface area contributed by atoms with Crippen LogP contribution >= 0.6 is 0 Å². The van der Waals surface area contributed by atoms with Crippen LogP contribution in [-0.2, 0) is 0 Å². The molecule has 3 heteroatoms. The van der Waals surface area contributed by atoms with Gasteiger partial charge in [-0.25, -0.2) is 5.01 Å². The van der Waals surface area contributed by atoms with Gasteiger partial charge in [-0.05, 0) is 6.42 Å². The van der Waals surface area contributed by atoms with Crippen molar-refractivity contribution in [2.45, 2.75) is 13.3 Å². The van der Waals surface area contributed by atoms with E-state index < -0.39 is 0 Å². The average Bonchev–Trinajstić information content (AvgIpc) is 2.05. The second kappa shape index (κ2) is 3.74. The quantitative estimate of drug-likeness (QED) is 0.586. The van der Waals surface area contributed by atoms with Crippen LogP contribution in [0.15, 0.2) is 12.3 Å². The first kappa shape index (κ1) is 8.56. The van der Waals surface area contributed by atoms with Crippen LogP contribution in [0.5, 0.6) is 0 Å². The Morgan fingerprint density at radius 2 is 1.91 bits per heavy atom. The minimum Gasteiger partial charge on any atom is -0.373 e. The monoisotopic (exact) mass is 155 g/mol. The molecule has 1 saturated heterocycles. The maximum absolute atomic E-state index is 5.62. The van der Waals surface area contributed by atoms with Crippen LogP contribution in [0.3, 0.4) is 0 Å². The molecule has 0 bridgehead atoms. The molecule has 0 aromatic rings. The topological polar surface area (TPSA) is 32.5 Å². The minimum atomic E-state index is 0.957. The molecule has 0 spiro atoms. The Morgan fingerprint density at radius 1 is 1.36 bits per heavy atom. The van der Waals surface area contributed by atoms with E-state index in [0.29, 0.717) is 0 Å². The van der Waals surface area contributed by atoms with Gasteiger partial charge in [-0.1, -0.05) is 13.5 Å². The number of nitrogens with zero attached hydrogens (tertiary/aromatic N) is 2. The standard InChI is InChI=1S/C8H17N3/c1-3-8(2)10-4-6-11(9)7-5-10/h2-7,9H2,1H3. The first-order valence-corrected chi connectivity index (χ1v) is 4.16. The van der Waals surface area contributed by atoms with Gasteiger partial charge in [-0.3, -0.25) is 5.84 Å². The smallest absolute Gasteiger partial charge is 0.0317 e. The summed E-state index contributed by atoms with van der Waals surface area (Å²) in [5.41, 5.74) is 1.23. The SMILES string of the molecule is C=C(CC)N1CCN(N)CC1. The normalized spacial score (nSPS) is 20.4. The van der Waals surface area contributed by atoms with E-state index in [9.17, 15) is 0 Å². The Kier molecular flexibility index (Phi) is 2.91. The number of hydrogen-bond donors (Lipinski definition) is 1. The Labute approximate surface area is 68.4 Å². The van der Waals surface area contributed by atoms with E-state index in [-0.39, 0.29) is 0 Å². The largest absolute Gasteiger partial charge is 0.373 e. The molecule has 1 aliphatic rings. The van der Waals surface area contributed by atoms with Crippen molar-refractivity contribution in [1.29, 1.82) is 0 Å². The summed E-state index contributed by atoms with van der Waals surface area (Å²) in [6, 6.07) is 0. The van der Waals surface area contributed by atoms with E-state index in [1.807, 2.05) is 5.01 Å². The van der Waals surface area contributed by atoms with Gasteiger partial charge in [0, 0.05) is 31.9 Å². The molecular weight excluding hydrogens is 138 g/mol. The molecule has 1 aliphatic heterocycles. The lowest BCUT2D eigenvalue weighted by Gasteiger charge is -2.34. The van der Waals surface area contributed by atoms with Crippen LogP contribution in [-0.4, -0.2) is 36.1 Å². The van der Waals surface area contributed by atoms with Crippen LogP contribution in [0.25, 0.3) is 0 Å². The molecule has 0 aliphatic carbocycles. The first-order valence-electron chi connectivity index (χ1n) is 4.16. The van der Waals surface area contributed by atoms with Crippen LogP contribution < -0.4 is 5.84 Å². The third-order valence-electron chi connectivity index (χ3n) is 2.17. The van der Waals surface area contributed by atoms with Gasteiger partial charge in [0.05, 0.1) is 0 Å². The van der Waals surface area contributed by atoms with Gasteiger partial charge in [0.25, 0.3) is 0 Å². The molecule has 11 heavy (non-hydrogen) atoms. The van der Waals surface area contributed by atoms with E-state index in [2.05, 4.69) is 18.4 Å². The lowest BCUT2D eigenvalue weighted by atomic mass is 10.3. The third kappa shape index (κ3) is 2.20. The Morgan fingerprint density at radius 3 is 2.36 bits per heavy atom.